The second-order valence-corrected chi connectivity index (χ2v) is 24.2. The summed E-state index contributed by atoms with van der Waals surface area (Å²) in [5.41, 5.74) is 0. The molecule has 0 aliphatic carbocycles. The molecule has 0 radical (unpaired) electrons. The van der Waals surface area contributed by atoms with Crippen molar-refractivity contribution in [3.8, 4) is 0 Å². The summed E-state index contributed by atoms with van der Waals surface area (Å²) in [5, 5.41) is 57.3. The average molecular weight is 1230 g/mol. The van der Waals surface area contributed by atoms with Crippen molar-refractivity contribution in [2.45, 2.75) is 339 Å². The van der Waals surface area contributed by atoms with Crippen LogP contribution in [0.2, 0.25) is 0 Å². The van der Waals surface area contributed by atoms with Gasteiger partial charge in [-0.3, -0.25) is 9.59 Å². The minimum Gasteiger partial charge on any atom is -0.454 e. The summed E-state index contributed by atoms with van der Waals surface area (Å²) in [7, 11) is 0. The van der Waals surface area contributed by atoms with Crippen LogP contribution in [0, 0.1) is 0 Å². The van der Waals surface area contributed by atoms with E-state index in [0.29, 0.717) is 12.8 Å². The second-order valence-electron chi connectivity index (χ2n) is 24.2. The zero-order chi connectivity index (χ0) is 63.9. The number of nitrogens with one attached hydrogen (secondary N) is 1. The lowest BCUT2D eigenvalue weighted by Gasteiger charge is -2.41. The van der Waals surface area contributed by atoms with Crippen LogP contribution in [0.25, 0.3) is 0 Å². The Bertz CT molecular complexity index is 1900. The predicted molar refractivity (Wildman–Crippen MR) is 370 cm³/mol. The Morgan fingerprint density at radius 2 is 0.818 bits per heavy atom. The van der Waals surface area contributed by atoms with Crippen LogP contribution in [0.1, 0.15) is 290 Å². The molecule has 8 atom stereocenters. The number of rotatable bonds is 60. The van der Waals surface area contributed by atoms with Gasteiger partial charge in [0.15, 0.2) is 12.4 Å². The van der Waals surface area contributed by atoms with Crippen molar-refractivity contribution in [2.24, 2.45) is 0 Å². The van der Waals surface area contributed by atoms with E-state index < -0.39 is 67.4 Å². The van der Waals surface area contributed by atoms with E-state index in [1.807, 2.05) is 6.08 Å². The third-order valence-electron chi connectivity index (χ3n) is 16.1. The fraction of sp³-hybridized carbons (Fsp3) is 0.714. The molecule has 0 saturated carbocycles. The Balaban J connectivity index is 2.58. The van der Waals surface area contributed by atoms with Crippen LogP contribution in [-0.4, -0.2) is 99.6 Å². The fourth-order valence-electron chi connectivity index (χ4n) is 10.5. The number of hydrogen-bond donors (Lipinski definition) is 6. The maximum Gasteiger partial charge on any atom is 0.306 e. The first-order chi connectivity index (χ1) is 43.2. The number of ether oxygens (including phenoxy) is 3. The smallest absolute Gasteiger partial charge is 0.306 e. The molecular formula is C77H131NO10. The van der Waals surface area contributed by atoms with Gasteiger partial charge in [0.25, 0.3) is 0 Å². The number of aliphatic hydroxyl groups excluding tert-OH is 5. The quantitative estimate of drug-likeness (QED) is 0.0195. The molecule has 1 fully saturated rings. The van der Waals surface area contributed by atoms with Crippen molar-refractivity contribution in [3.63, 3.8) is 0 Å². The van der Waals surface area contributed by atoms with E-state index in [1.165, 1.54) is 109 Å². The van der Waals surface area contributed by atoms with Crippen LogP contribution >= 0.6 is 0 Å². The van der Waals surface area contributed by atoms with E-state index in [2.05, 4.69) is 135 Å². The summed E-state index contributed by atoms with van der Waals surface area (Å²) in [6.07, 6.45) is 78.0. The van der Waals surface area contributed by atoms with Gasteiger partial charge in [0, 0.05) is 6.42 Å². The SMILES string of the molecule is CC/C=C\C/C=C\C/C=C\C/C=C\C/C=C\C/C=C\CCCCCCCCCCC(=O)OC1C(OCC(NC(=O)C(O)CCCCCCCCC/C=C\C/C=C\C/C=C\CCCCC)C(O)/C=C/CCCCCCCCCCCC)OC(CO)C(O)C1O. The van der Waals surface area contributed by atoms with Gasteiger partial charge in [-0.15, -0.1) is 0 Å². The Morgan fingerprint density at radius 1 is 0.455 bits per heavy atom. The lowest BCUT2D eigenvalue weighted by atomic mass is 9.99. The first-order valence-corrected chi connectivity index (χ1v) is 35.8. The first-order valence-electron chi connectivity index (χ1n) is 35.8. The van der Waals surface area contributed by atoms with Crippen molar-refractivity contribution in [3.05, 3.63) is 122 Å². The molecule has 0 bridgehead atoms. The normalized spacial score (nSPS) is 18.9. The zero-order valence-corrected chi connectivity index (χ0v) is 56.1. The van der Waals surface area contributed by atoms with Crippen LogP contribution in [0.5, 0.6) is 0 Å². The molecule has 11 heteroatoms. The summed E-state index contributed by atoms with van der Waals surface area (Å²) in [4.78, 5) is 26.7. The summed E-state index contributed by atoms with van der Waals surface area (Å²) in [6.45, 7) is 5.65. The number of esters is 1. The van der Waals surface area contributed by atoms with E-state index in [4.69, 9.17) is 14.2 Å². The van der Waals surface area contributed by atoms with Gasteiger partial charge in [-0.2, -0.15) is 0 Å². The summed E-state index contributed by atoms with van der Waals surface area (Å²) < 4.78 is 17.7. The third-order valence-corrected chi connectivity index (χ3v) is 16.1. The van der Waals surface area contributed by atoms with E-state index in [-0.39, 0.29) is 19.4 Å². The number of aliphatic hydroxyl groups is 5. The molecule has 11 nitrogen and oxygen atoms in total. The maximum absolute atomic E-state index is 13.5. The minimum atomic E-state index is -1.63. The summed E-state index contributed by atoms with van der Waals surface area (Å²) >= 11 is 0. The Hall–Kier alpha value is -3.94. The molecule has 1 aliphatic heterocycles. The zero-order valence-electron chi connectivity index (χ0n) is 56.1. The summed E-state index contributed by atoms with van der Waals surface area (Å²) in [6, 6.07) is -1.04. The summed E-state index contributed by atoms with van der Waals surface area (Å²) in [5.74, 6) is -1.21. The van der Waals surface area contributed by atoms with Crippen LogP contribution in [0.15, 0.2) is 122 Å². The largest absolute Gasteiger partial charge is 0.454 e. The van der Waals surface area contributed by atoms with Gasteiger partial charge in [0.1, 0.15) is 24.4 Å². The number of amides is 1. The van der Waals surface area contributed by atoms with E-state index in [9.17, 15) is 35.1 Å². The number of carbonyl (C=O) groups excluding carboxylic acids is 2. The lowest BCUT2D eigenvalue weighted by Crippen LogP contribution is -2.61. The van der Waals surface area contributed by atoms with Crippen molar-refractivity contribution >= 4 is 11.9 Å². The first kappa shape index (κ1) is 82.1. The number of hydrogen-bond acceptors (Lipinski definition) is 10. The van der Waals surface area contributed by atoms with Crippen LogP contribution < -0.4 is 5.32 Å². The third kappa shape index (κ3) is 49.8. The molecular weight excluding hydrogens is 1100 g/mol. The molecule has 504 valence electrons. The van der Waals surface area contributed by atoms with Crippen molar-refractivity contribution in [1.82, 2.24) is 5.32 Å². The molecule has 0 spiro atoms. The van der Waals surface area contributed by atoms with Gasteiger partial charge in [-0.25, -0.2) is 0 Å². The number of allylic oxidation sites excluding steroid dienone is 19. The van der Waals surface area contributed by atoms with Gasteiger partial charge in [-0.05, 0) is 116 Å². The van der Waals surface area contributed by atoms with E-state index >= 15 is 0 Å². The second kappa shape index (κ2) is 63.2. The van der Waals surface area contributed by atoms with Crippen molar-refractivity contribution in [1.29, 1.82) is 0 Å². The molecule has 0 aromatic heterocycles. The highest BCUT2D eigenvalue weighted by Gasteiger charge is 2.47. The predicted octanol–water partition coefficient (Wildman–Crippen LogP) is 18.6. The van der Waals surface area contributed by atoms with Crippen LogP contribution in [0.4, 0.5) is 0 Å². The molecule has 6 N–H and O–H groups in total. The molecule has 1 heterocycles. The highest BCUT2D eigenvalue weighted by atomic mass is 16.7. The molecule has 0 aromatic carbocycles. The Kier molecular flexibility index (Phi) is 59.0. The van der Waals surface area contributed by atoms with Crippen molar-refractivity contribution < 1.29 is 49.3 Å². The minimum absolute atomic E-state index is 0.106. The van der Waals surface area contributed by atoms with Crippen LogP contribution in [0.3, 0.4) is 0 Å². The molecule has 88 heavy (non-hydrogen) atoms. The molecule has 1 aliphatic rings. The molecule has 1 amide bonds. The molecule has 1 rings (SSSR count). The van der Waals surface area contributed by atoms with E-state index in [0.717, 1.165) is 135 Å². The van der Waals surface area contributed by atoms with Gasteiger partial charge in [-0.1, -0.05) is 290 Å². The van der Waals surface area contributed by atoms with Gasteiger partial charge >= 0.3 is 5.97 Å². The Labute approximate surface area is 538 Å². The highest BCUT2D eigenvalue weighted by molar-refractivity contribution is 5.80. The number of carbonyl (C=O) groups is 2. The average Bonchev–Trinajstić information content (AvgIpc) is 1.29. The number of unbranched alkanes of at least 4 members (excludes halogenated alkanes) is 28. The van der Waals surface area contributed by atoms with Gasteiger partial charge in [0.05, 0.1) is 25.4 Å². The van der Waals surface area contributed by atoms with Gasteiger partial charge < -0.3 is 45.1 Å². The maximum atomic E-state index is 13.5. The monoisotopic (exact) mass is 1230 g/mol. The van der Waals surface area contributed by atoms with Gasteiger partial charge in [0.2, 0.25) is 5.91 Å². The van der Waals surface area contributed by atoms with E-state index in [1.54, 1.807) is 6.08 Å². The molecule has 8 unspecified atom stereocenters. The molecule has 1 saturated heterocycles. The standard InChI is InChI=1S/C77H131NO10/c1-4-7-10-13-16-19-22-25-27-29-31-33-34-35-36-37-38-39-41-43-45-47-50-53-56-59-62-65-72(82)88-75-74(84)73(83)71(66-79)87-77(75)86-67-68(69(80)63-60-57-54-51-48-24-21-18-15-12-9-6-3)78-76(85)70(81)64-61-58-55-52-49-46-44-42-40-32-30-28-26-23-20-17-14-11-8-5-2/h7,10,16-17,19-20,25-28,31-33,35-36,38-40,60,63,68-71,73-75,77,79-81,83-84H,4-6,8-9,11-15,18,21-24,29-30,34,37,41-59,61-62,64-67H2,1-3H3,(H,78,85)/b10-7-,19-16-,20-17-,27-25-,28-26-,33-31-,36-35-,39-38-,40-32-,63-60+. The lowest BCUT2D eigenvalue weighted by molar-refractivity contribution is -0.305. The Morgan fingerprint density at radius 3 is 1.25 bits per heavy atom. The molecule has 0 aromatic rings. The topological polar surface area (TPSA) is 175 Å². The van der Waals surface area contributed by atoms with Crippen LogP contribution in [-0.2, 0) is 23.8 Å². The highest BCUT2D eigenvalue weighted by Crippen LogP contribution is 2.26. The van der Waals surface area contributed by atoms with Crippen molar-refractivity contribution in [2.75, 3.05) is 13.2 Å². The fourth-order valence-corrected chi connectivity index (χ4v) is 10.5.